The molecular formula is C10H12O3. The minimum absolute atomic E-state index is 0.231. The van der Waals surface area contributed by atoms with E-state index >= 15 is 0 Å². The molecule has 0 saturated carbocycles. The molecule has 1 heterocycles. The maximum Gasteiger partial charge on any atom is 0.187 e. The van der Waals surface area contributed by atoms with Crippen molar-refractivity contribution in [1.82, 2.24) is 0 Å². The van der Waals surface area contributed by atoms with Gasteiger partial charge in [0.05, 0.1) is 0 Å². The molecule has 70 valence electrons. The SMILES string of the molecule is COC1COC(c2ccccc2)O1. The first-order chi connectivity index (χ1) is 6.40. The van der Waals surface area contributed by atoms with E-state index in [4.69, 9.17) is 14.2 Å². The molecule has 2 rings (SSSR count). The van der Waals surface area contributed by atoms with Crippen molar-refractivity contribution >= 4 is 0 Å². The van der Waals surface area contributed by atoms with Crippen molar-refractivity contribution in [2.45, 2.75) is 12.6 Å². The third-order valence-electron chi connectivity index (χ3n) is 1.99. The average Bonchev–Trinajstić information content (AvgIpc) is 2.67. The first kappa shape index (κ1) is 8.69. The largest absolute Gasteiger partial charge is 0.353 e. The Morgan fingerprint density at radius 2 is 2.08 bits per heavy atom. The van der Waals surface area contributed by atoms with Crippen LogP contribution in [-0.2, 0) is 14.2 Å². The van der Waals surface area contributed by atoms with Crippen molar-refractivity contribution in [3.05, 3.63) is 35.9 Å². The van der Waals surface area contributed by atoms with Gasteiger partial charge in [0, 0.05) is 12.7 Å². The monoisotopic (exact) mass is 180 g/mol. The molecular weight excluding hydrogens is 168 g/mol. The number of methoxy groups -OCH3 is 1. The molecule has 1 aromatic rings. The van der Waals surface area contributed by atoms with Crippen LogP contribution in [-0.4, -0.2) is 20.0 Å². The topological polar surface area (TPSA) is 27.7 Å². The van der Waals surface area contributed by atoms with Crippen LogP contribution in [0.5, 0.6) is 0 Å². The molecule has 1 aliphatic rings. The normalized spacial score (nSPS) is 27.8. The van der Waals surface area contributed by atoms with Crippen LogP contribution in [0.4, 0.5) is 0 Å². The molecule has 0 aromatic heterocycles. The van der Waals surface area contributed by atoms with Crippen LogP contribution >= 0.6 is 0 Å². The Kier molecular flexibility index (Phi) is 2.59. The summed E-state index contributed by atoms with van der Waals surface area (Å²) in [5.41, 5.74) is 1.03. The number of rotatable bonds is 2. The van der Waals surface area contributed by atoms with Crippen LogP contribution in [0.25, 0.3) is 0 Å². The maximum absolute atomic E-state index is 5.45. The van der Waals surface area contributed by atoms with E-state index in [1.165, 1.54) is 0 Å². The fourth-order valence-corrected chi connectivity index (χ4v) is 1.29. The molecule has 2 atom stereocenters. The van der Waals surface area contributed by atoms with E-state index in [0.29, 0.717) is 6.61 Å². The summed E-state index contributed by atoms with van der Waals surface area (Å²) in [6.45, 7) is 0.496. The summed E-state index contributed by atoms with van der Waals surface area (Å²) < 4.78 is 15.9. The Morgan fingerprint density at radius 1 is 1.31 bits per heavy atom. The van der Waals surface area contributed by atoms with E-state index in [-0.39, 0.29) is 12.6 Å². The summed E-state index contributed by atoms with van der Waals surface area (Å²) in [6.07, 6.45) is -0.503. The van der Waals surface area contributed by atoms with E-state index < -0.39 is 0 Å². The standard InChI is InChI=1S/C10H12O3/c1-11-9-7-12-10(13-9)8-5-3-2-4-6-8/h2-6,9-10H,7H2,1H3. The lowest BCUT2D eigenvalue weighted by molar-refractivity contribution is -0.132. The van der Waals surface area contributed by atoms with Gasteiger partial charge in [-0.05, 0) is 0 Å². The van der Waals surface area contributed by atoms with Gasteiger partial charge >= 0.3 is 0 Å². The molecule has 1 fully saturated rings. The molecule has 1 aromatic carbocycles. The van der Waals surface area contributed by atoms with Gasteiger partial charge in [0.1, 0.15) is 6.61 Å². The Hall–Kier alpha value is -0.900. The average molecular weight is 180 g/mol. The van der Waals surface area contributed by atoms with E-state index in [2.05, 4.69) is 0 Å². The highest BCUT2D eigenvalue weighted by atomic mass is 16.8. The number of benzene rings is 1. The first-order valence-corrected chi connectivity index (χ1v) is 4.25. The van der Waals surface area contributed by atoms with Crippen LogP contribution in [0, 0.1) is 0 Å². The molecule has 0 N–H and O–H groups in total. The second kappa shape index (κ2) is 3.87. The molecule has 13 heavy (non-hydrogen) atoms. The molecule has 0 aliphatic carbocycles. The third-order valence-corrected chi connectivity index (χ3v) is 1.99. The Balaban J connectivity index is 2.04. The van der Waals surface area contributed by atoms with Crippen LogP contribution in [0.2, 0.25) is 0 Å². The molecule has 3 heteroatoms. The summed E-state index contributed by atoms with van der Waals surface area (Å²) in [5, 5.41) is 0. The molecule has 3 nitrogen and oxygen atoms in total. The van der Waals surface area contributed by atoms with Crippen molar-refractivity contribution in [3.63, 3.8) is 0 Å². The van der Waals surface area contributed by atoms with Crippen LogP contribution in [0.1, 0.15) is 11.9 Å². The van der Waals surface area contributed by atoms with Crippen LogP contribution < -0.4 is 0 Å². The summed E-state index contributed by atoms with van der Waals surface area (Å²) in [6, 6.07) is 9.84. The predicted molar refractivity (Wildman–Crippen MR) is 47.0 cm³/mol. The summed E-state index contributed by atoms with van der Waals surface area (Å²) in [4.78, 5) is 0. The van der Waals surface area contributed by atoms with Gasteiger partial charge in [0.25, 0.3) is 0 Å². The lowest BCUT2D eigenvalue weighted by Crippen LogP contribution is -2.11. The van der Waals surface area contributed by atoms with E-state index in [1.807, 2.05) is 30.3 Å². The van der Waals surface area contributed by atoms with Crippen LogP contribution in [0.15, 0.2) is 30.3 Å². The summed E-state index contributed by atoms with van der Waals surface area (Å²) >= 11 is 0. The highest BCUT2D eigenvalue weighted by molar-refractivity contribution is 5.16. The second-order valence-electron chi connectivity index (χ2n) is 2.88. The van der Waals surface area contributed by atoms with Crippen molar-refractivity contribution < 1.29 is 14.2 Å². The van der Waals surface area contributed by atoms with Gasteiger partial charge in [-0.25, -0.2) is 0 Å². The van der Waals surface area contributed by atoms with Gasteiger partial charge in [-0.15, -0.1) is 0 Å². The van der Waals surface area contributed by atoms with Crippen LogP contribution in [0.3, 0.4) is 0 Å². The molecule has 0 radical (unpaired) electrons. The van der Waals surface area contributed by atoms with Gasteiger partial charge in [0.15, 0.2) is 12.6 Å². The molecule has 0 amide bonds. The zero-order valence-electron chi connectivity index (χ0n) is 7.47. The highest BCUT2D eigenvalue weighted by Crippen LogP contribution is 2.26. The fourth-order valence-electron chi connectivity index (χ4n) is 1.29. The number of ether oxygens (including phenoxy) is 3. The van der Waals surface area contributed by atoms with Gasteiger partial charge in [0.2, 0.25) is 0 Å². The zero-order valence-corrected chi connectivity index (χ0v) is 7.47. The minimum atomic E-state index is -0.272. The lowest BCUT2D eigenvalue weighted by Gasteiger charge is -2.09. The number of hydrogen-bond donors (Lipinski definition) is 0. The Morgan fingerprint density at radius 3 is 2.69 bits per heavy atom. The van der Waals surface area contributed by atoms with Gasteiger partial charge < -0.3 is 14.2 Å². The smallest absolute Gasteiger partial charge is 0.187 e. The molecule has 0 spiro atoms. The predicted octanol–water partition coefficient (Wildman–Crippen LogP) is 1.70. The molecule has 0 bridgehead atoms. The van der Waals surface area contributed by atoms with Gasteiger partial charge in [-0.2, -0.15) is 0 Å². The third kappa shape index (κ3) is 1.88. The zero-order chi connectivity index (χ0) is 9.10. The molecule has 2 unspecified atom stereocenters. The quantitative estimate of drug-likeness (QED) is 0.693. The Labute approximate surface area is 77.2 Å². The summed E-state index contributed by atoms with van der Waals surface area (Å²) in [7, 11) is 1.61. The second-order valence-corrected chi connectivity index (χ2v) is 2.88. The fraction of sp³-hybridized carbons (Fsp3) is 0.400. The van der Waals surface area contributed by atoms with E-state index in [9.17, 15) is 0 Å². The van der Waals surface area contributed by atoms with Crippen molar-refractivity contribution in [2.24, 2.45) is 0 Å². The molecule has 1 aliphatic heterocycles. The number of hydrogen-bond acceptors (Lipinski definition) is 3. The van der Waals surface area contributed by atoms with Crippen molar-refractivity contribution in [2.75, 3.05) is 13.7 Å². The van der Waals surface area contributed by atoms with E-state index in [0.717, 1.165) is 5.56 Å². The van der Waals surface area contributed by atoms with Crippen molar-refractivity contribution in [1.29, 1.82) is 0 Å². The molecule has 1 saturated heterocycles. The van der Waals surface area contributed by atoms with Gasteiger partial charge in [-0.1, -0.05) is 30.3 Å². The first-order valence-electron chi connectivity index (χ1n) is 4.25. The Bertz CT molecular complexity index is 260. The van der Waals surface area contributed by atoms with Crippen molar-refractivity contribution in [3.8, 4) is 0 Å². The highest BCUT2D eigenvalue weighted by Gasteiger charge is 2.26. The maximum atomic E-state index is 5.45. The summed E-state index contributed by atoms with van der Waals surface area (Å²) in [5.74, 6) is 0. The lowest BCUT2D eigenvalue weighted by atomic mass is 10.2. The van der Waals surface area contributed by atoms with E-state index in [1.54, 1.807) is 7.11 Å². The minimum Gasteiger partial charge on any atom is -0.353 e. The van der Waals surface area contributed by atoms with Gasteiger partial charge in [-0.3, -0.25) is 0 Å².